The molecule has 3 nitrogen and oxygen atoms in total. The summed E-state index contributed by atoms with van der Waals surface area (Å²) in [5.41, 5.74) is 5.23. The van der Waals surface area contributed by atoms with Gasteiger partial charge in [0.05, 0.1) is 11.4 Å². The molecule has 0 radical (unpaired) electrons. The first kappa shape index (κ1) is 14.5. The topological polar surface area (TPSA) is 18.5 Å². The molecule has 2 saturated heterocycles. The van der Waals surface area contributed by atoms with E-state index in [0.29, 0.717) is 0 Å². The molecule has 124 valence electrons. The molecule has 0 saturated carbocycles. The number of benzene rings is 2. The molecule has 0 aliphatic carbocycles. The molecule has 5 rings (SSSR count). The van der Waals surface area contributed by atoms with Crippen LogP contribution in [0.2, 0.25) is 0 Å². The predicted molar refractivity (Wildman–Crippen MR) is 103 cm³/mol. The van der Waals surface area contributed by atoms with E-state index in [1.54, 1.807) is 0 Å². The molecule has 3 aliphatic rings. The number of hydrogen-bond donors (Lipinski definition) is 1. The third-order valence-electron chi connectivity index (χ3n) is 5.36. The van der Waals surface area contributed by atoms with Crippen LogP contribution in [0.4, 0.5) is 22.7 Å². The van der Waals surface area contributed by atoms with Gasteiger partial charge in [0, 0.05) is 47.3 Å². The van der Waals surface area contributed by atoms with Crippen LogP contribution in [0.25, 0.3) is 0 Å². The molecule has 2 aromatic rings. The maximum Gasteiger partial charge on any atom is 0.0527 e. The Morgan fingerprint density at radius 2 is 1.12 bits per heavy atom. The number of anilines is 4. The summed E-state index contributed by atoms with van der Waals surface area (Å²) in [6, 6.07) is 13.7. The Labute approximate surface area is 148 Å². The summed E-state index contributed by atoms with van der Waals surface area (Å²) >= 11 is 1.91. The second kappa shape index (κ2) is 5.92. The minimum atomic E-state index is 1.20. The van der Waals surface area contributed by atoms with Crippen molar-refractivity contribution in [2.24, 2.45) is 0 Å². The molecule has 3 heterocycles. The largest absolute Gasteiger partial charge is 0.372 e. The zero-order chi connectivity index (χ0) is 15.9. The Kier molecular flexibility index (Phi) is 3.58. The van der Waals surface area contributed by atoms with Gasteiger partial charge in [-0.2, -0.15) is 0 Å². The van der Waals surface area contributed by atoms with E-state index in [1.165, 1.54) is 84.4 Å². The zero-order valence-electron chi connectivity index (χ0n) is 13.9. The summed E-state index contributed by atoms with van der Waals surface area (Å²) in [5, 5.41) is 3.62. The van der Waals surface area contributed by atoms with Gasteiger partial charge in [-0.25, -0.2) is 0 Å². The number of hydrogen-bond acceptors (Lipinski definition) is 4. The van der Waals surface area contributed by atoms with Crippen molar-refractivity contribution in [3.8, 4) is 0 Å². The molecule has 1 N–H and O–H groups in total. The SMILES string of the molecule is c1cc2c(cc1N1CCCC1)Sc1cc(N3CCCC3)ccc1N2. The van der Waals surface area contributed by atoms with E-state index < -0.39 is 0 Å². The Bertz CT molecular complexity index is 698. The van der Waals surface area contributed by atoms with Gasteiger partial charge in [0.1, 0.15) is 0 Å². The highest BCUT2D eigenvalue weighted by molar-refractivity contribution is 7.99. The summed E-state index contributed by atoms with van der Waals surface area (Å²) in [6.07, 6.45) is 5.30. The van der Waals surface area contributed by atoms with E-state index in [0.717, 1.165) is 0 Å². The Morgan fingerprint density at radius 3 is 1.58 bits per heavy atom. The fourth-order valence-corrected chi connectivity index (χ4v) is 5.06. The molecule has 2 fully saturated rings. The summed E-state index contributed by atoms with van der Waals surface area (Å²) in [6.45, 7) is 4.80. The Balaban J connectivity index is 1.45. The minimum Gasteiger partial charge on any atom is -0.372 e. The number of nitrogens with zero attached hydrogens (tertiary/aromatic N) is 2. The maximum atomic E-state index is 3.62. The molecule has 24 heavy (non-hydrogen) atoms. The van der Waals surface area contributed by atoms with Gasteiger partial charge >= 0.3 is 0 Å². The molecule has 0 bridgehead atoms. The van der Waals surface area contributed by atoms with Crippen LogP contribution in [0.1, 0.15) is 25.7 Å². The summed E-state index contributed by atoms with van der Waals surface area (Å²) in [5.74, 6) is 0. The minimum absolute atomic E-state index is 1.20. The lowest BCUT2D eigenvalue weighted by atomic mass is 10.2. The van der Waals surface area contributed by atoms with E-state index in [4.69, 9.17) is 0 Å². The zero-order valence-corrected chi connectivity index (χ0v) is 14.7. The first-order chi connectivity index (χ1) is 11.9. The standard InChI is InChI=1S/C20H23N3S/c1-2-10-22(9-1)15-5-7-17-19(13-15)24-20-14-16(6-8-18(20)21-17)23-11-3-4-12-23/h5-8,13-14,21H,1-4,9-12H2. The van der Waals surface area contributed by atoms with Crippen LogP contribution >= 0.6 is 11.8 Å². The van der Waals surface area contributed by atoms with Crippen molar-refractivity contribution < 1.29 is 0 Å². The van der Waals surface area contributed by atoms with Gasteiger partial charge in [0.15, 0.2) is 0 Å². The monoisotopic (exact) mass is 337 g/mol. The fraction of sp³-hybridized carbons (Fsp3) is 0.400. The molecule has 0 atom stereocenters. The molecule has 2 aromatic carbocycles. The van der Waals surface area contributed by atoms with Gasteiger partial charge in [-0.3, -0.25) is 0 Å². The number of nitrogens with one attached hydrogen (secondary N) is 1. The molecular weight excluding hydrogens is 314 g/mol. The van der Waals surface area contributed by atoms with Gasteiger partial charge < -0.3 is 15.1 Å². The fourth-order valence-electron chi connectivity index (χ4n) is 4.01. The van der Waals surface area contributed by atoms with Crippen molar-refractivity contribution in [3.63, 3.8) is 0 Å². The summed E-state index contributed by atoms with van der Waals surface area (Å²) < 4.78 is 0. The number of fused-ring (bicyclic) bond motifs is 2. The van der Waals surface area contributed by atoms with Crippen molar-refractivity contribution in [2.75, 3.05) is 41.3 Å². The Hall–Kier alpha value is -1.81. The molecule has 0 aromatic heterocycles. The van der Waals surface area contributed by atoms with Crippen molar-refractivity contribution in [2.45, 2.75) is 35.5 Å². The van der Waals surface area contributed by atoms with Crippen LogP contribution in [-0.4, -0.2) is 26.2 Å². The smallest absolute Gasteiger partial charge is 0.0527 e. The molecule has 0 unspecified atom stereocenters. The van der Waals surface area contributed by atoms with Crippen molar-refractivity contribution in [3.05, 3.63) is 36.4 Å². The second-order valence-electron chi connectivity index (χ2n) is 6.98. The summed E-state index contributed by atoms with van der Waals surface area (Å²) in [4.78, 5) is 7.73. The van der Waals surface area contributed by atoms with Crippen molar-refractivity contribution in [1.29, 1.82) is 0 Å². The quantitative estimate of drug-likeness (QED) is 0.701. The lowest BCUT2D eigenvalue weighted by molar-refractivity contribution is 0.949. The van der Waals surface area contributed by atoms with E-state index in [9.17, 15) is 0 Å². The lowest BCUT2D eigenvalue weighted by Gasteiger charge is -2.26. The molecule has 4 heteroatoms. The van der Waals surface area contributed by atoms with Gasteiger partial charge in [-0.1, -0.05) is 11.8 Å². The second-order valence-corrected chi connectivity index (χ2v) is 8.06. The molecular formula is C20H23N3S. The first-order valence-electron chi connectivity index (χ1n) is 9.10. The third-order valence-corrected chi connectivity index (χ3v) is 6.48. The molecule has 0 spiro atoms. The van der Waals surface area contributed by atoms with E-state index in [1.807, 2.05) is 11.8 Å². The van der Waals surface area contributed by atoms with E-state index in [2.05, 4.69) is 51.5 Å². The van der Waals surface area contributed by atoms with Crippen molar-refractivity contribution in [1.82, 2.24) is 0 Å². The number of rotatable bonds is 2. The van der Waals surface area contributed by atoms with E-state index in [-0.39, 0.29) is 0 Å². The van der Waals surface area contributed by atoms with Gasteiger partial charge in [-0.05, 0) is 62.1 Å². The maximum absolute atomic E-state index is 3.62. The van der Waals surface area contributed by atoms with Crippen LogP contribution in [0, 0.1) is 0 Å². The van der Waals surface area contributed by atoms with Crippen LogP contribution < -0.4 is 15.1 Å². The van der Waals surface area contributed by atoms with Crippen LogP contribution in [0.3, 0.4) is 0 Å². The van der Waals surface area contributed by atoms with Crippen LogP contribution in [-0.2, 0) is 0 Å². The Morgan fingerprint density at radius 1 is 0.667 bits per heavy atom. The lowest BCUT2D eigenvalue weighted by Crippen LogP contribution is -2.18. The van der Waals surface area contributed by atoms with Gasteiger partial charge in [0.2, 0.25) is 0 Å². The predicted octanol–water partition coefficient (Wildman–Crippen LogP) is 5.10. The van der Waals surface area contributed by atoms with Crippen LogP contribution in [0.15, 0.2) is 46.2 Å². The average molecular weight is 337 g/mol. The summed E-state index contributed by atoms with van der Waals surface area (Å²) in [7, 11) is 0. The highest BCUT2D eigenvalue weighted by Crippen LogP contribution is 2.46. The normalized spacial score (nSPS) is 19.2. The van der Waals surface area contributed by atoms with Gasteiger partial charge in [-0.15, -0.1) is 0 Å². The van der Waals surface area contributed by atoms with E-state index >= 15 is 0 Å². The third kappa shape index (κ3) is 2.53. The highest BCUT2D eigenvalue weighted by Gasteiger charge is 2.20. The average Bonchev–Trinajstić information content (AvgIpc) is 3.32. The highest BCUT2D eigenvalue weighted by atomic mass is 32.2. The van der Waals surface area contributed by atoms with Crippen LogP contribution in [0.5, 0.6) is 0 Å². The van der Waals surface area contributed by atoms with Crippen molar-refractivity contribution >= 4 is 34.5 Å². The first-order valence-corrected chi connectivity index (χ1v) is 9.91. The molecule has 0 amide bonds. The molecule has 3 aliphatic heterocycles. The van der Waals surface area contributed by atoms with Gasteiger partial charge in [0.25, 0.3) is 0 Å².